The van der Waals surface area contributed by atoms with Crippen LogP contribution in [-0.2, 0) is 12.8 Å². The van der Waals surface area contributed by atoms with E-state index in [4.69, 9.17) is 5.73 Å². The predicted octanol–water partition coefficient (Wildman–Crippen LogP) is 2.10. The molecule has 0 radical (unpaired) electrons. The molecule has 0 fully saturated rings. The van der Waals surface area contributed by atoms with Gasteiger partial charge in [-0.3, -0.25) is 14.8 Å². The minimum Gasteiger partial charge on any atom is -0.369 e. The average Bonchev–Trinajstić information content (AvgIpc) is 2.88. The molecule has 4 N–H and O–H groups in total. The maximum absolute atomic E-state index is 11.8. The first kappa shape index (κ1) is 14.3. The first-order valence-corrected chi connectivity index (χ1v) is 7.41. The van der Waals surface area contributed by atoms with Crippen LogP contribution < -0.4 is 11.3 Å². The van der Waals surface area contributed by atoms with Crippen LogP contribution in [0.25, 0.3) is 11.0 Å². The molecule has 3 rings (SSSR count). The number of anilines is 1. The summed E-state index contributed by atoms with van der Waals surface area (Å²) in [6.07, 6.45) is 5.94. The second kappa shape index (κ2) is 6.01. The molecule has 22 heavy (non-hydrogen) atoms. The number of aromatic nitrogens is 4. The van der Waals surface area contributed by atoms with E-state index < -0.39 is 0 Å². The quantitative estimate of drug-likeness (QED) is 0.628. The third kappa shape index (κ3) is 3.16. The zero-order valence-electron chi connectivity index (χ0n) is 12.5. The molecule has 3 aromatic rings. The summed E-state index contributed by atoms with van der Waals surface area (Å²) in [6.45, 7) is 1.99. The first-order valence-electron chi connectivity index (χ1n) is 7.41. The summed E-state index contributed by atoms with van der Waals surface area (Å²) in [5.41, 5.74) is 9.21. The van der Waals surface area contributed by atoms with Crippen molar-refractivity contribution in [2.45, 2.75) is 32.6 Å². The zero-order chi connectivity index (χ0) is 15.5. The number of nitrogens with zero attached hydrogens (tertiary/aromatic N) is 2. The fourth-order valence-corrected chi connectivity index (χ4v) is 2.52. The van der Waals surface area contributed by atoms with Crippen LogP contribution in [0.2, 0.25) is 0 Å². The van der Waals surface area contributed by atoms with Crippen LogP contribution in [0.3, 0.4) is 0 Å². The highest BCUT2D eigenvalue weighted by Gasteiger charge is 2.06. The standard InChI is InChI=1S/C16H19N5O/c1-10-6-7-11(9-18-10)4-2-3-5-12-8-13-14(19-12)20-16(17)21-15(13)22/h6-9H,2-5H2,1H3,(H4,17,19,20,21,22). The van der Waals surface area contributed by atoms with Crippen LogP contribution in [-0.4, -0.2) is 19.9 Å². The lowest BCUT2D eigenvalue weighted by Crippen LogP contribution is -2.09. The molecule has 0 aliphatic rings. The van der Waals surface area contributed by atoms with Crippen molar-refractivity contribution in [3.05, 3.63) is 51.7 Å². The Bertz CT molecular complexity index is 832. The molecule has 0 amide bonds. The number of aromatic amines is 2. The zero-order valence-corrected chi connectivity index (χ0v) is 12.5. The van der Waals surface area contributed by atoms with Crippen LogP contribution in [0, 0.1) is 6.92 Å². The average molecular weight is 297 g/mol. The van der Waals surface area contributed by atoms with Crippen LogP contribution in [0.4, 0.5) is 5.95 Å². The lowest BCUT2D eigenvalue weighted by atomic mass is 10.1. The molecule has 0 aliphatic heterocycles. The first-order chi connectivity index (χ1) is 10.6. The van der Waals surface area contributed by atoms with E-state index in [9.17, 15) is 4.79 Å². The maximum Gasteiger partial charge on any atom is 0.261 e. The van der Waals surface area contributed by atoms with Crippen molar-refractivity contribution >= 4 is 17.0 Å². The molecule has 3 heterocycles. The van der Waals surface area contributed by atoms with Gasteiger partial charge in [0.15, 0.2) is 0 Å². The minimum absolute atomic E-state index is 0.137. The number of aryl methyl sites for hydroxylation is 3. The number of pyridine rings is 1. The SMILES string of the molecule is Cc1ccc(CCCCc2cc3c(=O)[nH]c(N)nc3[nH]2)cn1. The van der Waals surface area contributed by atoms with Crippen molar-refractivity contribution in [2.24, 2.45) is 0 Å². The summed E-state index contributed by atoms with van der Waals surface area (Å²) in [7, 11) is 0. The van der Waals surface area contributed by atoms with Gasteiger partial charge in [-0.1, -0.05) is 6.07 Å². The van der Waals surface area contributed by atoms with Gasteiger partial charge in [0.25, 0.3) is 5.56 Å². The summed E-state index contributed by atoms with van der Waals surface area (Å²) in [4.78, 5) is 25.8. The Morgan fingerprint density at radius 1 is 1.18 bits per heavy atom. The second-order valence-electron chi connectivity index (χ2n) is 5.52. The third-order valence-corrected chi connectivity index (χ3v) is 3.71. The van der Waals surface area contributed by atoms with Crippen LogP contribution in [0.5, 0.6) is 0 Å². The topological polar surface area (TPSA) is 100 Å². The number of nitrogens with one attached hydrogen (secondary N) is 2. The van der Waals surface area contributed by atoms with Gasteiger partial charge in [0.2, 0.25) is 5.95 Å². The Morgan fingerprint density at radius 3 is 2.77 bits per heavy atom. The summed E-state index contributed by atoms with van der Waals surface area (Å²) in [5.74, 6) is 0.137. The van der Waals surface area contributed by atoms with Crippen molar-refractivity contribution in [2.75, 3.05) is 5.73 Å². The summed E-state index contributed by atoms with van der Waals surface area (Å²) in [5, 5.41) is 0.562. The van der Waals surface area contributed by atoms with Crippen molar-refractivity contribution in [1.82, 2.24) is 19.9 Å². The van der Waals surface area contributed by atoms with Crippen molar-refractivity contribution in [3.63, 3.8) is 0 Å². The normalized spacial score (nSPS) is 11.1. The molecular formula is C16H19N5O. The van der Waals surface area contributed by atoms with Gasteiger partial charge in [0, 0.05) is 17.6 Å². The van der Waals surface area contributed by atoms with Crippen LogP contribution in [0.1, 0.15) is 29.8 Å². The van der Waals surface area contributed by atoms with E-state index in [1.54, 1.807) is 0 Å². The summed E-state index contributed by atoms with van der Waals surface area (Å²) < 4.78 is 0. The largest absolute Gasteiger partial charge is 0.369 e. The molecule has 0 saturated carbocycles. The van der Waals surface area contributed by atoms with Gasteiger partial charge in [0.1, 0.15) is 5.65 Å². The Morgan fingerprint density at radius 2 is 2.00 bits per heavy atom. The minimum atomic E-state index is -0.198. The van der Waals surface area contributed by atoms with Crippen LogP contribution in [0.15, 0.2) is 29.2 Å². The third-order valence-electron chi connectivity index (χ3n) is 3.71. The second-order valence-corrected chi connectivity index (χ2v) is 5.52. The highest BCUT2D eigenvalue weighted by molar-refractivity contribution is 5.76. The van der Waals surface area contributed by atoms with Gasteiger partial charge >= 0.3 is 0 Å². The monoisotopic (exact) mass is 297 g/mol. The van der Waals surface area contributed by atoms with Gasteiger partial charge in [-0.05, 0) is 50.3 Å². The van der Waals surface area contributed by atoms with E-state index in [0.717, 1.165) is 37.1 Å². The van der Waals surface area contributed by atoms with Gasteiger partial charge in [-0.25, -0.2) is 0 Å². The number of hydrogen-bond donors (Lipinski definition) is 3. The van der Waals surface area contributed by atoms with E-state index in [1.807, 2.05) is 25.3 Å². The van der Waals surface area contributed by atoms with E-state index in [0.29, 0.717) is 11.0 Å². The number of nitrogens with two attached hydrogens (primary N) is 1. The number of hydrogen-bond acceptors (Lipinski definition) is 4. The van der Waals surface area contributed by atoms with Crippen molar-refractivity contribution in [1.29, 1.82) is 0 Å². The molecule has 0 spiro atoms. The number of rotatable bonds is 5. The highest BCUT2D eigenvalue weighted by atomic mass is 16.1. The summed E-state index contributed by atoms with van der Waals surface area (Å²) in [6, 6.07) is 6.01. The van der Waals surface area contributed by atoms with Gasteiger partial charge in [-0.15, -0.1) is 0 Å². The molecule has 6 heteroatoms. The Labute approximate surface area is 127 Å². The molecule has 6 nitrogen and oxygen atoms in total. The molecule has 0 atom stereocenters. The van der Waals surface area contributed by atoms with E-state index in [1.165, 1.54) is 5.56 Å². The van der Waals surface area contributed by atoms with Crippen molar-refractivity contribution in [3.8, 4) is 0 Å². The Kier molecular flexibility index (Phi) is 3.91. The van der Waals surface area contributed by atoms with Gasteiger partial charge < -0.3 is 10.7 Å². The van der Waals surface area contributed by atoms with E-state index in [2.05, 4.69) is 26.0 Å². The molecule has 0 bridgehead atoms. The number of nitrogen functional groups attached to an aromatic ring is 1. The fourth-order valence-electron chi connectivity index (χ4n) is 2.52. The summed E-state index contributed by atoms with van der Waals surface area (Å²) >= 11 is 0. The Hall–Kier alpha value is -2.63. The maximum atomic E-state index is 11.8. The van der Waals surface area contributed by atoms with Crippen LogP contribution >= 0.6 is 0 Å². The number of unbranched alkanes of at least 4 members (excludes halogenated alkanes) is 1. The fraction of sp³-hybridized carbons (Fsp3) is 0.312. The predicted molar refractivity (Wildman–Crippen MR) is 86.7 cm³/mol. The molecule has 0 saturated heterocycles. The smallest absolute Gasteiger partial charge is 0.261 e. The van der Waals surface area contributed by atoms with E-state index in [-0.39, 0.29) is 11.5 Å². The van der Waals surface area contributed by atoms with E-state index >= 15 is 0 Å². The molecule has 0 aliphatic carbocycles. The molecule has 114 valence electrons. The van der Waals surface area contributed by atoms with Crippen molar-refractivity contribution < 1.29 is 0 Å². The lowest BCUT2D eigenvalue weighted by Gasteiger charge is -2.01. The van der Waals surface area contributed by atoms with Gasteiger partial charge in [-0.2, -0.15) is 4.98 Å². The number of H-pyrrole nitrogens is 2. The number of fused-ring (bicyclic) bond motifs is 1. The van der Waals surface area contributed by atoms with Gasteiger partial charge in [0.05, 0.1) is 5.39 Å². The highest BCUT2D eigenvalue weighted by Crippen LogP contribution is 2.13. The molecule has 3 aromatic heterocycles. The molecular weight excluding hydrogens is 278 g/mol. The molecule has 0 aromatic carbocycles. The Balaban J connectivity index is 1.59. The molecule has 0 unspecified atom stereocenters. The lowest BCUT2D eigenvalue weighted by molar-refractivity contribution is 0.724.